The highest BCUT2D eigenvalue weighted by Crippen LogP contribution is 2.23. The first-order valence-corrected chi connectivity index (χ1v) is 19.9. The Balaban J connectivity index is 1.41. The minimum absolute atomic E-state index is 0.0575. The van der Waals surface area contributed by atoms with Gasteiger partial charge in [-0.05, 0) is 61.4 Å². The zero-order valence-electron chi connectivity index (χ0n) is 31.0. The van der Waals surface area contributed by atoms with Crippen LogP contribution in [0.3, 0.4) is 0 Å². The number of para-hydroxylation sites is 1. The highest BCUT2D eigenvalue weighted by Gasteiger charge is 2.38. The quantitative estimate of drug-likeness (QED) is 0.0856. The van der Waals surface area contributed by atoms with Gasteiger partial charge in [-0.2, -0.15) is 0 Å². The van der Waals surface area contributed by atoms with Crippen molar-refractivity contribution in [2.75, 3.05) is 12.4 Å². The molecule has 296 valence electrons. The lowest BCUT2D eigenvalue weighted by Crippen LogP contribution is -2.61. The topological polar surface area (TPSA) is 190 Å². The lowest BCUT2D eigenvalue weighted by Gasteiger charge is -2.37. The number of hydrogen-bond donors (Lipinski definition) is 6. The SMILES string of the molecule is Cc1ccc(CNC(=O)[C@H](Cc2ccccc2Br)NC(=O)[C@H](Cc2c[nH]c3ccccc23)NC(=O)[C@@H]2CCCCN2C(=O)[C@H](CCC(=O)O)NC(=O)CCl)cc1. The van der Waals surface area contributed by atoms with Crippen molar-refractivity contribution >= 4 is 73.9 Å². The number of fused-ring (bicyclic) bond motifs is 1. The number of nitrogens with one attached hydrogen (secondary N) is 5. The minimum Gasteiger partial charge on any atom is -0.481 e. The predicted molar refractivity (Wildman–Crippen MR) is 216 cm³/mol. The maximum absolute atomic E-state index is 14.4. The molecule has 0 aliphatic carbocycles. The largest absolute Gasteiger partial charge is 0.481 e. The second-order valence-electron chi connectivity index (χ2n) is 13.9. The predicted octanol–water partition coefficient (Wildman–Crippen LogP) is 4.28. The number of hydrogen-bond acceptors (Lipinski definition) is 6. The third kappa shape index (κ3) is 11.4. The van der Waals surface area contributed by atoms with E-state index in [0.717, 1.165) is 37.6 Å². The van der Waals surface area contributed by atoms with Crippen LogP contribution in [0.2, 0.25) is 0 Å². The molecule has 4 aromatic rings. The number of amides is 5. The number of aliphatic carboxylic acids is 1. The van der Waals surface area contributed by atoms with E-state index < -0.39 is 72.0 Å². The molecule has 3 aromatic carbocycles. The second-order valence-corrected chi connectivity index (χ2v) is 15.0. The van der Waals surface area contributed by atoms with Gasteiger partial charge in [0.1, 0.15) is 30.0 Å². The lowest BCUT2D eigenvalue weighted by molar-refractivity contribution is -0.146. The molecule has 1 fully saturated rings. The summed E-state index contributed by atoms with van der Waals surface area (Å²) in [5, 5.41) is 21.4. The molecule has 0 unspecified atom stereocenters. The Kier molecular flexibility index (Phi) is 15.1. The number of halogens is 2. The molecule has 1 aliphatic rings. The second kappa shape index (κ2) is 20.1. The Morgan fingerprint density at radius 2 is 1.55 bits per heavy atom. The maximum Gasteiger partial charge on any atom is 0.303 e. The van der Waals surface area contributed by atoms with Gasteiger partial charge in [-0.25, -0.2) is 0 Å². The zero-order valence-corrected chi connectivity index (χ0v) is 33.3. The van der Waals surface area contributed by atoms with Gasteiger partial charge < -0.3 is 36.3 Å². The van der Waals surface area contributed by atoms with Crippen LogP contribution in [0.25, 0.3) is 10.9 Å². The molecule has 2 heterocycles. The van der Waals surface area contributed by atoms with Gasteiger partial charge in [0.15, 0.2) is 0 Å². The van der Waals surface area contributed by atoms with Crippen molar-refractivity contribution < 1.29 is 33.9 Å². The Morgan fingerprint density at radius 1 is 0.857 bits per heavy atom. The molecule has 4 atom stereocenters. The summed E-state index contributed by atoms with van der Waals surface area (Å²) in [5.41, 5.74) is 4.35. The van der Waals surface area contributed by atoms with Gasteiger partial charge in [-0.1, -0.05) is 82.2 Å². The average Bonchev–Trinajstić information content (AvgIpc) is 3.61. The number of carboxylic acid groups (broad SMARTS) is 1. The number of piperidine rings is 1. The van der Waals surface area contributed by atoms with Crippen molar-refractivity contribution in [3.05, 3.63) is 106 Å². The number of benzene rings is 3. The first-order chi connectivity index (χ1) is 26.9. The highest BCUT2D eigenvalue weighted by atomic mass is 79.9. The molecule has 56 heavy (non-hydrogen) atoms. The zero-order chi connectivity index (χ0) is 40.2. The van der Waals surface area contributed by atoms with E-state index in [1.807, 2.05) is 79.7 Å². The summed E-state index contributed by atoms with van der Waals surface area (Å²) in [4.78, 5) is 84.5. The number of aromatic nitrogens is 1. The third-order valence-corrected chi connectivity index (χ3v) is 10.8. The normalized spacial score (nSPS) is 15.6. The molecule has 1 aliphatic heterocycles. The van der Waals surface area contributed by atoms with Crippen LogP contribution in [-0.2, 0) is 48.2 Å². The molecule has 13 nitrogen and oxygen atoms in total. The van der Waals surface area contributed by atoms with Crippen molar-refractivity contribution in [3.63, 3.8) is 0 Å². The van der Waals surface area contributed by atoms with Gasteiger partial charge in [-0.15, -0.1) is 11.6 Å². The fraction of sp³-hybridized carbons (Fsp3) is 0.366. The van der Waals surface area contributed by atoms with E-state index in [1.165, 1.54) is 4.90 Å². The fourth-order valence-corrected chi connectivity index (χ4v) is 7.33. The van der Waals surface area contributed by atoms with Crippen LogP contribution in [-0.4, -0.2) is 87.1 Å². The number of rotatable bonds is 17. The molecular formula is C41H46BrClN6O7. The van der Waals surface area contributed by atoms with Gasteiger partial charge in [0.2, 0.25) is 29.5 Å². The fourth-order valence-electron chi connectivity index (χ4n) is 6.81. The number of aromatic amines is 1. The number of carbonyl (C=O) groups excluding carboxylic acids is 5. The van der Waals surface area contributed by atoms with E-state index in [2.05, 4.69) is 42.2 Å². The summed E-state index contributed by atoms with van der Waals surface area (Å²) in [6.45, 7) is 2.40. The Morgan fingerprint density at radius 3 is 2.29 bits per heavy atom. The Labute approximate surface area is 338 Å². The smallest absolute Gasteiger partial charge is 0.303 e. The van der Waals surface area contributed by atoms with Crippen molar-refractivity contribution in [1.82, 2.24) is 31.2 Å². The van der Waals surface area contributed by atoms with E-state index >= 15 is 0 Å². The summed E-state index contributed by atoms with van der Waals surface area (Å²) < 4.78 is 0.764. The van der Waals surface area contributed by atoms with Crippen molar-refractivity contribution in [1.29, 1.82) is 0 Å². The highest BCUT2D eigenvalue weighted by molar-refractivity contribution is 9.10. The number of nitrogens with zero attached hydrogens (tertiary/aromatic N) is 1. The van der Waals surface area contributed by atoms with E-state index in [0.29, 0.717) is 12.8 Å². The monoisotopic (exact) mass is 848 g/mol. The summed E-state index contributed by atoms with van der Waals surface area (Å²) in [6.07, 6.45) is 2.86. The first-order valence-electron chi connectivity index (χ1n) is 18.5. The Bertz CT molecular complexity index is 2040. The maximum atomic E-state index is 14.4. The molecule has 0 spiro atoms. The van der Waals surface area contributed by atoms with Gasteiger partial charge in [0, 0.05) is 53.9 Å². The van der Waals surface area contributed by atoms with Crippen LogP contribution in [0.4, 0.5) is 0 Å². The van der Waals surface area contributed by atoms with E-state index in [4.69, 9.17) is 11.6 Å². The van der Waals surface area contributed by atoms with Crippen LogP contribution in [0.15, 0.2) is 83.5 Å². The van der Waals surface area contributed by atoms with E-state index in [9.17, 15) is 33.9 Å². The number of likely N-dealkylation sites (tertiary alicyclic amines) is 1. The molecule has 15 heteroatoms. The van der Waals surface area contributed by atoms with Crippen molar-refractivity contribution in [3.8, 4) is 0 Å². The molecule has 5 rings (SSSR count). The molecule has 5 amide bonds. The molecule has 6 N–H and O–H groups in total. The molecular weight excluding hydrogens is 804 g/mol. The lowest BCUT2D eigenvalue weighted by atomic mass is 9.97. The molecule has 0 bridgehead atoms. The number of carboxylic acids is 1. The minimum atomic E-state index is -1.22. The van der Waals surface area contributed by atoms with Gasteiger partial charge >= 0.3 is 5.97 Å². The number of H-pyrrole nitrogens is 1. The first kappa shape index (κ1) is 41.9. The molecule has 0 saturated carbocycles. The summed E-state index contributed by atoms with van der Waals surface area (Å²) in [6, 6.07) is 18.3. The molecule has 1 saturated heterocycles. The van der Waals surface area contributed by atoms with Crippen molar-refractivity contribution in [2.24, 2.45) is 0 Å². The van der Waals surface area contributed by atoms with Crippen LogP contribution in [0.1, 0.15) is 54.4 Å². The summed E-state index contributed by atoms with van der Waals surface area (Å²) >= 11 is 9.24. The van der Waals surface area contributed by atoms with E-state index in [1.54, 1.807) is 6.20 Å². The van der Waals surface area contributed by atoms with E-state index in [-0.39, 0.29) is 38.8 Å². The van der Waals surface area contributed by atoms with Gasteiger partial charge in [0.25, 0.3) is 0 Å². The average molecular weight is 850 g/mol. The van der Waals surface area contributed by atoms with Gasteiger partial charge in [0.05, 0.1) is 0 Å². The number of carbonyl (C=O) groups is 6. The van der Waals surface area contributed by atoms with Gasteiger partial charge in [-0.3, -0.25) is 28.8 Å². The third-order valence-electron chi connectivity index (χ3n) is 9.82. The van der Waals surface area contributed by atoms with Crippen LogP contribution < -0.4 is 21.3 Å². The van der Waals surface area contributed by atoms with Crippen molar-refractivity contribution in [2.45, 2.75) is 82.6 Å². The van der Waals surface area contributed by atoms with Crippen LogP contribution in [0, 0.1) is 6.92 Å². The number of aryl methyl sites for hydroxylation is 1. The Hall–Kier alpha value is -5.21. The number of alkyl halides is 1. The summed E-state index contributed by atoms with van der Waals surface area (Å²) in [5.74, 6) is -4.45. The standard InChI is InChI=1S/C41H46BrClN6O7/c1-25-13-15-26(16-14-25)23-45-38(53)33(20-27-8-2-4-10-30(27)42)47-39(54)34(21-28-24-44-31-11-5-3-9-29(28)31)48-40(55)35-12-6-7-19-49(35)41(56)32(17-18-37(51)52)46-36(50)22-43/h2-5,8-11,13-16,24,32-35,44H,6-7,12,17-23H2,1H3,(H,45,53)(H,46,50)(H,47,54)(H,48,55)(H,51,52)/t32-,33-,34-,35-/m0/s1. The summed E-state index contributed by atoms with van der Waals surface area (Å²) in [7, 11) is 0. The molecule has 1 aromatic heterocycles. The molecule has 0 radical (unpaired) electrons. The van der Waals surface area contributed by atoms with Crippen LogP contribution in [0.5, 0.6) is 0 Å². The van der Waals surface area contributed by atoms with Crippen LogP contribution >= 0.6 is 27.5 Å².